The monoisotopic (exact) mass is 278 g/mol. The molecule has 1 fully saturated rings. The van der Waals surface area contributed by atoms with Gasteiger partial charge in [-0.15, -0.1) is 0 Å². The molecule has 1 aliphatic rings. The molecule has 105 valence electrons. The number of fused-ring (bicyclic) bond motifs is 1. The van der Waals surface area contributed by atoms with Gasteiger partial charge in [0, 0.05) is 7.05 Å². The number of primary amides is 1. The minimum atomic E-state index is -1.38. The van der Waals surface area contributed by atoms with E-state index in [0.717, 1.165) is 0 Å². The maximum atomic E-state index is 14.0. The van der Waals surface area contributed by atoms with Gasteiger partial charge in [0.2, 0.25) is 0 Å². The molecule has 7 heteroatoms. The van der Waals surface area contributed by atoms with Gasteiger partial charge in [0.25, 0.3) is 11.9 Å². The Balaban J connectivity index is 1.92. The van der Waals surface area contributed by atoms with Gasteiger partial charge in [-0.3, -0.25) is 4.79 Å². The van der Waals surface area contributed by atoms with E-state index in [0.29, 0.717) is 11.1 Å². The molecular formula is C13H13FN3O3. The number of carbonyl (C=O) groups is 1. The molecule has 3 rings (SSSR count). The summed E-state index contributed by atoms with van der Waals surface area (Å²) in [5.74, 6) is -0.632. The minimum Gasteiger partial charge on any atom is -0.423 e. The average Bonchev–Trinajstić information content (AvgIpc) is 2.80. The van der Waals surface area contributed by atoms with Crippen molar-refractivity contribution in [3.05, 3.63) is 23.8 Å². The van der Waals surface area contributed by atoms with Gasteiger partial charge in [0.1, 0.15) is 5.52 Å². The van der Waals surface area contributed by atoms with Crippen LogP contribution in [0.3, 0.4) is 0 Å². The number of carbonyl (C=O) groups excluding carboxylic acids is 1. The van der Waals surface area contributed by atoms with Crippen LogP contribution in [0.1, 0.15) is 10.4 Å². The number of hydrogen-bond acceptors (Lipinski definition) is 5. The number of halogens is 1. The van der Waals surface area contributed by atoms with E-state index in [4.69, 9.17) is 14.9 Å². The van der Waals surface area contributed by atoms with Crippen molar-refractivity contribution in [3.63, 3.8) is 0 Å². The Bertz CT molecular complexity index is 666. The molecule has 0 aliphatic carbocycles. The zero-order valence-corrected chi connectivity index (χ0v) is 10.9. The van der Waals surface area contributed by atoms with Crippen LogP contribution in [0.2, 0.25) is 0 Å². The van der Waals surface area contributed by atoms with Gasteiger partial charge in [-0.25, -0.2) is 4.39 Å². The molecule has 0 saturated carbocycles. The Labute approximate surface area is 114 Å². The number of benzene rings is 1. The van der Waals surface area contributed by atoms with Crippen LogP contribution in [0, 0.1) is 6.07 Å². The first-order valence-corrected chi connectivity index (χ1v) is 6.07. The van der Waals surface area contributed by atoms with E-state index in [-0.39, 0.29) is 31.3 Å². The van der Waals surface area contributed by atoms with Crippen LogP contribution in [-0.4, -0.2) is 43.4 Å². The highest BCUT2D eigenvalue weighted by molar-refractivity contribution is 6.03. The molecule has 1 aromatic heterocycles. The summed E-state index contributed by atoms with van der Waals surface area (Å²) in [6.45, 7) is 0.241. The maximum Gasteiger partial charge on any atom is 0.298 e. The van der Waals surface area contributed by atoms with Crippen molar-refractivity contribution in [1.82, 2.24) is 4.98 Å². The Morgan fingerprint density at radius 2 is 2.40 bits per heavy atom. The lowest BCUT2D eigenvalue weighted by Gasteiger charge is -2.36. The molecule has 1 amide bonds. The Kier molecular flexibility index (Phi) is 2.86. The van der Waals surface area contributed by atoms with Crippen LogP contribution in [0.5, 0.6) is 0 Å². The van der Waals surface area contributed by atoms with E-state index < -0.39 is 11.6 Å². The third-order valence-electron chi connectivity index (χ3n) is 3.16. The maximum absolute atomic E-state index is 14.0. The first-order chi connectivity index (χ1) is 9.48. The molecule has 20 heavy (non-hydrogen) atoms. The van der Waals surface area contributed by atoms with Crippen LogP contribution in [0.25, 0.3) is 11.1 Å². The molecule has 0 bridgehead atoms. The molecule has 1 saturated heterocycles. The molecule has 2 heterocycles. The lowest BCUT2D eigenvalue weighted by atomic mass is 10.0. The predicted octanol–water partition coefficient (Wildman–Crippen LogP) is 0.902. The van der Waals surface area contributed by atoms with Gasteiger partial charge in [-0.05, 0) is 18.2 Å². The first kappa shape index (κ1) is 12.9. The average molecular weight is 278 g/mol. The third-order valence-corrected chi connectivity index (χ3v) is 3.16. The quantitative estimate of drug-likeness (QED) is 0.898. The van der Waals surface area contributed by atoms with Gasteiger partial charge in [0.05, 0.1) is 25.3 Å². The summed E-state index contributed by atoms with van der Waals surface area (Å²) < 4.78 is 24.4. The van der Waals surface area contributed by atoms with Gasteiger partial charge in [-0.2, -0.15) is 4.98 Å². The Morgan fingerprint density at radius 3 is 3.00 bits per heavy atom. The van der Waals surface area contributed by atoms with Crippen molar-refractivity contribution in [2.24, 2.45) is 5.73 Å². The summed E-state index contributed by atoms with van der Waals surface area (Å²) in [6, 6.07) is 6.12. The molecule has 2 N–H and O–H groups in total. The van der Waals surface area contributed by atoms with Crippen LogP contribution in [-0.2, 0) is 4.74 Å². The third kappa shape index (κ3) is 2.09. The summed E-state index contributed by atoms with van der Waals surface area (Å²) in [7, 11) is 1.66. The van der Waals surface area contributed by atoms with E-state index in [9.17, 15) is 9.18 Å². The minimum absolute atomic E-state index is 0.0673. The molecule has 2 aromatic rings. The largest absolute Gasteiger partial charge is 0.423 e. The SMILES string of the molecule is CN(CC1(F)COC1)c1nc2c(C(N)=O)[c]ccc2o1. The van der Waals surface area contributed by atoms with Crippen molar-refractivity contribution >= 4 is 23.0 Å². The summed E-state index contributed by atoms with van der Waals surface area (Å²) in [6.07, 6.45) is 0. The van der Waals surface area contributed by atoms with Gasteiger partial charge in [0.15, 0.2) is 11.3 Å². The van der Waals surface area contributed by atoms with Crippen LogP contribution >= 0.6 is 0 Å². The number of anilines is 1. The van der Waals surface area contributed by atoms with E-state index in [2.05, 4.69) is 11.1 Å². The van der Waals surface area contributed by atoms with Gasteiger partial charge >= 0.3 is 0 Å². The summed E-state index contributed by atoms with van der Waals surface area (Å²) >= 11 is 0. The molecule has 6 nitrogen and oxygen atoms in total. The summed E-state index contributed by atoms with van der Waals surface area (Å²) in [4.78, 5) is 17.0. The summed E-state index contributed by atoms with van der Waals surface area (Å²) in [5, 5.41) is 0. The highest BCUT2D eigenvalue weighted by atomic mass is 19.1. The number of oxazole rings is 1. The summed E-state index contributed by atoms with van der Waals surface area (Å²) in [5.41, 5.74) is 4.78. The van der Waals surface area contributed by atoms with Crippen molar-refractivity contribution in [3.8, 4) is 0 Å². The van der Waals surface area contributed by atoms with Gasteiger partial charge in [-0.1, -0.05) is 0 Å². The second-order valence-corrected chi connectivity index (χ2v) is 4.93. The predicted molar refractivity (Wildman–Crippen MR) is 69.3 cm³/mol. The van der Waals surface area contributed by atoms with Crippen LogP contribution < -0.4 is 10.6 Å². The topological polar surface area (TPSA) is 81.6 Å². The molecule has 0 unspecified atom stereocenters. The molecular weight excluding hydrogens is 265 g/mol. The standard InChI is InChI=1S/C13H13FN3O3/c1-17(5-13(14)6-19-7-13)12-16-10-8(11(15)18)3-2-4-9(10)20-12/h2,4H,5-7H2,1H3,(H2,15,18). The second kappa shape index (κ2) is 4.45. The van der Waals surface area contributed by atoms with Crippen LogP contribution in [0.4, 0.5) is 10.4 Å². The van der Waals surface area contributed by atoms with Gasteiger partial charge < -0.3 is 19.8 Å². The smallest absolute Gasteiger partial charge is 0.298 e. The van der Waals surface area contributed by atoms with Crippen molar-refractivity contribution < 1.29 is 18.3 Å². The molecule has 1 aliphatic heterocycles. The number of hydrogen-bond donors (Lipinski definition) is 1. The highest BCUT2D eigenvalue weighted by Gasteiger charge is 2.40. The number of nitrogens with zero attached hydrogens (tertiary/aromatic N) is 2. The first-order valence-electron chi connectivity index (χ1n) is 6.07. The fraction of sp³-hybridized carbons (Fsp3) is 0.385. The molecule has 1 aromatic carbocycles. The number of nitrogens with two attached hydrogens (primary N) is 1. The Morgan fingerprint density at radius 1 is 1.65 bits per heavy atom. The Hall–Kier alpha value is -2.15. The van der Waals surface area contributed by atoms with Crippen molar-refractivity contribution in [1.29, 1.82) is 0 Å². The molecule has 0 atom stereocenters. The number of alkyl halides is 1. The number of ether oxygens (including phenoxy) is 1. The number of amides is 1. The fourth-order valence-electron chi connectivity index (χ4n) is 2.14. The second-order valence-electron chi connectivity index (χ2n) is 4.93. The fourth-order valence-corrected chi connectivity index (χ4v) is 2.14. The normalized spacial score (nSPS) is 16.9. The van der Waals surface area contributed by atoms with Crippen LogP contribution in [0.15, 0.2) is 16.5 Å². The van der Waals surface area contributed by atoms with E-state index in [1.165, 1.54) is 6.07 Å². The van der Waals surface area contributed by atoms with Crippen molar-refractivity contribution in [2.75, 3.05) is 31.7 Å². The van der Waals surface area contributed by atoms with Crippen molar-refractivity contribution in [2.45, 2.75) is 5.67 Å². The number of aromatic nitrogens is 1. The highest BCUT2D eigenvalue weighted by Crippen LogP contribution is 2.28. The lowest BCUT2D eigenvalue weighted by Crippen LogP contribution is -2.53. The zero-order chi connectivity index (χ0) is 14.3. The number of rotatable bonds is 4. The molecule has 1 radical (unpaired) electrons. The van der Waals surface area contributed by atoms with E-state index in [1.54, 1.807) is 18.0 Å². The molecule has 0 spiro atoms. The lowest BCUT2D eigenvalue weighted by molar-refractivity contribution is -0.123. The van der Waals surface area contributed by atoms with E-state index in [1.807, 2.05) is 0 Å². The van der Waals surface area contributed by atoms with E-state index >= 15 is 0 Å². The zero-order valence-electron chi connectivity index (χ0n) is 10.9.